The van der Waals surface area contributed by atoms with Crippen molar-refractivity contribution < 1.29 is 14.3 Å². The van der Waals surface area contributed by atoms with E-state index in [1.807, 2.05) is 40.0 Å². The molecule has 0 aliphatic rings. The van der Waals surface area contributed by atoms with Crippen molar-refractivity contribution in [1.29, 1.82) is 0 Å². The third-order valence-corrected chi connectivity index (χ3v) is 3.93. The van der Waals surface area contributed by atoms with Gasteiger partial charge in [-0.2, -0.15) is 0 Å². The second-order valence-corrected chi connectivity index (χ2v) is 7.23. The lowest BCUT2D eigenvalue weighted by Crippen LogP contribution is -2.44. The molecule has 0 aliphatic carbocycles. The minimum Gasteiger partial charge on any atom is -0.382 e. The predicted octanol–water partition coefficient (Wildman–Crippen LogP) is 2.69. The molecule has 6 nitrogen and oxygen atoms in total. The van der Waals surface area contributed by atoms with Gasteiger partial charge in [-0.3, -0.25) is 9.59 Å². The van der Waals surface area contributed by atoms with E-state index in [0.29, 0.717) is 31.3 Å². The van der Waals surface area contributed by atoms with Gasteiger partial charge < -0.3 is 15.0 Å². The van der Waals surface area contributed by atoms with Crippen LogP contribution in [0.4, 0.5) is 5.13 Å². The average Bonchev–Trinajstić information content (AvgIpc) is 2.85. The molecule has 23 heavy (non-hydrogen) atoms. The molecule has 0 aromatic carbocycles. The highest BCUT2D eigenvalue weighted by Gasteiger charge is 2.28. The number of hydrogen-bond acceptors (Lipinski definition) is 5. The first kappa shape index (κ1) is 19.6. The van der Waals surface area contributed by atoms with E-state index < -0.39 is 5.41 Å². The number of nitrogens with one attached hydrogen (secondary N) is 1. The molecule has 0 saturated heterocycles. The van der Waals surface area contributed by atoms with Crippen molar-refractivity contribution in [2.45, 2.75) is 41.0 Å². The van der Waals surface area contributed by atoms with Crippen LogP contribution in [0.25, 0.3) is 0 Å². The van der Waals surface area contributed by atoms with Gasteiger partial charge in [0.2, 0.25) is 11.8 Å². The molecule has 0 atom stereocenters. The maximum absolute atomic E-state index is 12.5. The summed E-state index contributed by atoms with van der Waals surface area (Å²) in [7, 11) is 0. The number of aryl methyl sites for hydroxylation is 1. The Morgan fingerprint density at radius 3 is 2.61 bits per heavy atom. The Bertz CT molecular complexity index is 523. The summed E-state index contributed by atoms with van der Waals surface area (Å²) in [6.07, 6.45) is 0.708. The molecular weight excluding hydrogens is 314 g/mol. The van der Waals surface area contributed by atoms with E-state index in [0.717, 1.165) is 5.69 Å². The molecule has 2 amide bonds. The van der Waals surface area contributed by atoms with Gasteiger partial charge in [-0.15, -0.1) is 11.3 Å². The van der Waals surface area contributed by atoms with Gasteiger partial charge in [-0.25, -0.2) is 4.98 Å². The largest absolute Gasteiger partial charge is 0.382 e. The number of aromatic nitrogens is 1. The molecule has 0 radical (unpaired) electrons. The highest BCUT2D eigenvalue weighted by atomic mass is 32.1. The average molecular weight is 341 g/mol. The van der Waals surface area contributed by atoms with Gasteiger partial charge in [0, 0.05) is 30.6 Å². The SMILES string of the molecule is CCOCCCN(CC(=O)Nc1nc(C)cs1)C(=O)C(C)(C)C. The summed E-state index contributed by atoms with van der Waals surface area (Å²) in [5.74, 6) is -0.271. The Kier molecular flexibility index (Phi) is 7.64. The van der Waals surface area contributed by atoms with Gasteiger partial charge in [0.05, 0.1) is 12.2 Å². The third-order valence-electron chi connectivity index (χ3n) is 3.05. The topological polar surface area (TPSA) is 71.5 Å². The van der Waals surface area contributed by atoms with Crippen LogP contribution in [0.2, 0.25) is 0 Å². The van der Waals surface area contributed by atoms with E-state index in [9.17, 15) is 9.59 Å². The highest BCUT2D eigenvalue weighted by molar-refractivity contribution is 7.13. The summed E-state index contributed by atoms with van der Waals surface area (Å²) in [6.45, 7) is 11.1. The molecule has 0 spiro atoms. The standard InChI is InChI=1S/C16H27N3O3S/c1-6-22-9-7-8-19(14(21)16(3,4)5)10-13(20)18-15-17-12(2)11-23-15/h11H,6-10H2,1-5H3,(H,17,18,20). The van der Waals surface area contributed by atoms with Crippen molar-refractivity contribution in [1.82, 2.24) is 9.88 Å². The number of ether oxygens (including phenoxy) is 1. The van der Waals surface area contributed by atoms with E-state index in [4.69, 9.17) is 4.74 Å². The summed E-state index contributed by atoms with van der Waals surface area (Å²) in [6, 6.07) is 0. The lowest BCUT2D eigenvalue weighted by Gasteiger charge is -2.29. The van der Waals surface area contributed by atoms with Crippen molar-refractivity contribution in [3.63, 3.8) is 0 Å². The quantitative estimate of drug-likeness (QED) is 0.738. The first-order chi connectivity index (χ1) is 10.7. The molecule has 0 aliphatic heterocycles. The molecule has 1 aromatic rings. The van der Waals surface area contributed by atoms with Crippen LogP contribution in [0.3, 0.4) is 0 Å². The van der Waals surface area contributed by atoms with Gasteiger partial charge in [0.15, 0.2) is 5.13 Å². The lowest BCUT2D eigenvalue weighted by molar-refractivity contribution is -0.142. The molecule has 7 heteroatoms. The number of nitrogens with zero attached hydrogens (tertiary/aromatic N) is 2. The highest BCUT2D eigenvalue weighted by Crippen LogP contribution is 2.18. The van der Waals surface area contributed by atoms with Crippen molar-refractivity contribution >= 4 is 28.3 Å². The normalized spacial score (nSPS) is 11.3. The molecule has 1 N–H and O–H groups in total. The van der Waals surface area contributed by atoms with Crippen LogP contribution < -0.4 is 5.32 Å². The molecule has 0 unspecified atom stereocenters. The van der Waals surface area contributed by atoms with E-state index in [1.54, 1.807) is 4.90 Å². The Balaban J connectivity index is 2.63. The van der Waals surface area contributed by atoms with Crippen LogP contribution in [0, 0.1) is 12.3 Å². The van der Waals surface area contributed by atoms with Gasteiger partial charge >= 0.3 is 0 Å². The second-order valence-electron chi connectivity index (χ2n) is 6.37. The van der Waals surface area contributed by atoms with Crippen molar-refractivity contribution in [3.05, 3.63) is 11.1 Å². The van der Waals surface area contributed by atoms with Crippen molar-refractivity contribution in [2.75, 3.05) is 31.6 Å². The smallest absolute Gasteiger partial charge is 0.245 e. The van der Waals surface area contributed by atoms with Crippen molar-refractivity contribution in [2.24, 2.45) is 5.41 Å². The molecule has 1 aromatic heterocycles. The van der Waals surface area contributed by atoms with E-state index in [2.05, 4.69) is 10.3 Å². The first-order valence-corrected chi connectivity index (χ1v) is 8.71. The minimum atomic E-state index is -0.524. The summed E-state index contributed by atoms with van der Waals surface area (Å²) in [4.78, 5) is 30.5. The molecule has 0 bridgehead atoms. The van der Waals surface area contributed by atoms with Crippen molar-refractivity contribution in [3.8, 4) is 0 Å². The molecule has 1 rings (SSSR count). The van der Waals surface area contributed by atoms with Gasteiger partial charge in [0.1, 0.15) is 0 Å². The fourth-order valence-corrected chi connectivity index (χ4v) is 2.68. The number of hydrogen-bond donors (Lipinski definition) is 1. The number of amides is 2. The zero-order chi connectivity index (χ0) is 17.5. The summed E-state index contributed by atoms with van der Waals surface area (Å²) >= 11 is 1.38. The van der Waals surface area contributed by atoms with E-state index >= 15 is 0 Å². The van der Waals surface area contributed by atoms with E-state index in [-0.39, 0.29) is 18.4 Å². The number of anilines is 1. The fourth-order valence-electron chi connectivity index (χ4n) is 1.97. The van der Waals surface area contributed by atoms with Crippen LogP contribution in [0.15, 0.2) is 5.38 Å². The molecule has 130 valence electrons. The molecule has 0 fully saturated rings. The Hall–Kier alpha value is -1.47. The predicted molar refractivity (Wildman–Crippen MR) is 92.6 cm³/mol. The zero-order valence-electron chi connectivity index (χ0n) is 14.6. The van der Waals surface area contributed by atoms with Crippen LogP contribution in [-0.2, 0) is 14.3 Å². The van der Waals surface area contributed by atoms with Crippen LogP contribution in [0.1, 0.15) is 39.8 Å². The molecule has 0 saturated carbocycles. The minimum absolute atomic E-state index is 0.0286. The van der Waals surface area contributed by atoms with Gasteiger partial charge in [0.25, 0.3) is 0 Å². The number of carbonyl (C=O) groups is 2. The van der Waals surface area contributed by atoms with Crippen LogP contribution in [-0.4, -0.2) is 48.0 Å². The molecular formula is C16H27N3O3S. The number of thiazole rings is 1. The van der Waals surface area contributed by atoms with Gasteiger partial charge in [-0.05, 0) is 20.3 Å². The first-order valence-electron chi connectivity index (χ1n) is 7.83. The Morgan fingerprint density at radius 2 is 2.09 bits per heavy atom. The van der Waals surface area contributed by atoms with Crippen LogP contribution >= 0.6 is 11.3 Å². The monoisotopic (exact) mass is 341 g/mol. The fraction of sp³-hybridized carbons (Fsp3) is 0.688. The zero-order valence-corrected chi connectivity index (χ0v) is 15.5. The summed E-state index contributed by atoms with van der Waals surface area (Å²) in [5.41, 5.74) is 0.341. The maximum Gasteiger partial charge on any atom is 0.245 e. The Labute approximate surface area is 142 Å². The summed E-state index contributed by atoms with van der Waals surface area (Å²) in [5, 5.41) is 5.18. The van der Waals surface area contributed by atoms with Crippen LogP contribution in [0.5, 0.6) is 0 Å². The maximum atomic E-state index is 12.5. The third kappa shape index (κ3) is 7.09. The lowest BCUT2D eigenvalue weighted by atomic mass is 9.94. The number of carbonyl (C=O) groups excluding carboxylic acids is 2. The summed E-state index contributed by atoms with van der Waals surface area (Å²) < 4.78 is 5.31. The number of rotatable bonds is 8. The Morgan fingerprint density at radius 1 is 1.39 bits per heavy atom. The van der Waals surface area contributed by atoms with E-state index in [1.165, 1.54) is 11.3 Å². The van der Waals surface area contributed by atoms with Gasteiger partial charge in [-0.1, -0.05) is 20.8 Å². The second kappa shape index (κ2) is 8.98. The molecule has 1 heterocycles.